The number of hydrogen-bond donors (Lipinski definition) is 1. The molecule has 3 aliphatic heterocycles. The highest BCUT2D eigenvalue weighted by molar-refractivity contribution is 6.34. The molecule has 0 radical (unpaired) electrons. The summed E-state index contributed by atoms with van der Waals surface area (Å²) in [4.78, 5) is 40.1. The molecule has 1 amide bonds. The van der Waals surface area contributed by atoms with Crippen LogP contribution in [-0.4, -0.2) is 55.9 Å². The van der Waals surface area contributed by atoms with E-state index >= 15 is 0 Å². The van der Waals surface area contributed by atoms with Crippen molar-refractivity contribution in [1.29, 1.82) is 0 Å². The highest BCUT2D eigenvalue weighted by Gasteiger charge is 2.45. The molecule has 0 spiro atoms. The van der Waals surface area contributed by atoms with Crippen molar-refractivity contribution in [2.45, 2.75) is 75.7 Å². The lowest BCUT2D eigenvalue weighted by atomic mass is 9.69. The summed E-state index contributed by atoms with van der Waals surface area (Å²) in [6, 6.07) is 11.4. The van der Waals surface area contributed by atoms with Gasteiger partial charge in [-0.2, -0.15) is 0 Å². The number of halogens is 1. The van der Waals surface area contributed by atoms with Gasteiger partial charge in [0.25, 0.3) is 0 Å². The molecule has 2 aromatic rings. The normalized spacial score (nSPS) is 23.3. The average molecular weight is 567 g/mol. The number of methoxy groups -OCH3 is 1. The molecule has 1 saturated carbocycles. The maximum absolute atomic E-state index is 13.8. The summed E-state index contributed by atoms with van der Waals surface area (Å²) in [5, 5.41) is 3.11. The highest BCUT2D eigenvalue weighted by atomic mass is 35.5. The van der Waals surface area contributed by atoms with Crippen molar-refractivity contribution in [2.24, 2.45) is 5.92 Å². The quantitative estimate of drug-likeness (QED) is 0.282. The first-order chi connectivity index (χ1) is 19.4. The fourth-order valence-electron chi connectivity index (χ4n) is 6.68. The lowest BCUT2D eigenvalue weighted by molar-refractivity contribution is -0.167. The predicted octanol–water partition coefficient (Wildman–Crippen LogP) is 5.96. The van der Waals surface area contributed by atoms with Crippen LogP contribution in [0.1, 0.15) is 79.3 Å². The number of carbonyl (C=O) groups is 3. The largest absolute Gasteiger partial charge is 0.496 e. The fraction of sp³-hybridized carbons (Fsp3) is 0.531. The molecule has 8 heteroatoms. The van der Waals surface area contributed by atoms with Crippen LogP contribution in [0.25, 0.3) is 0 Å². The van der Waals surface area contributed by atoms with Gasteiger partial charge in [0, 0.05) is 19.0 Å². The van der Waals surface area contributed by atoms with Crippen LogP contribution in [0.5, 0.6) is 5.75 Å². The number of hydrogen-bond acceptors (Lipinski definition) is 6. The number of amides is 1. The summed E-state index contributed by atoms with van der Waals surface area (Å²) < 4.78 is 11.5. The minimum Gasteiger partial charge on any atom is -0.496 e. The van der Waals surface area contributed by atoms with E-state index in [1.54, 1.807) is 6.07 Å². The van der Waals surface area contributed by atoms with Crippen LogP contribution in [0.4, 0.5) is 5.69 Å². The number of anilines is 1. The van der Waals surface area contributed by atoms with Gasteiger partial charge in [0.1, 0.15) is 11.9 Å². The van der Waals surface area contributed by atoms with E-state index in [4.69, 9.17) is 21.1 Å². The Morgan fingerprint density at radius 1 is 1.12 bits per heavy atom. The molecule has 4 aliphatic rings. The Hall–Kier alpha value is -2.90. The Balaban J connectivity index is 1.22. The van der Waals surface area contributed by atoms with E-state index in [0.29, 0.717) is 48.5 Å². The maximum Gasteiger partial charge on any atom is 0.316 e. The minimum atomic E-state index is -0.582. The zero-order valence-corrected chi connectivity index (χ0v) is 24.0. The molecule has 1 aliphatic carbocycles. The smallest absolute Gasteiger partial charge is 0.316 e. The van der Waals surface area contributed by atoms with Crippen molar-refractivity contribution in [3.8, 4) is 5.75 Å². The fourth-order valence-corrected chi connectivity index (χ4v) is 6.90. The van der Waals surface area contributed by atoms with Gasteiger partial charge in [0.05, 0.1) is 28.8 Å². The van der Waals surface area contributed by atoms with Crippen molar-refractivity contribution in [3.63, 3.8) is 0 Å². The number of benzene rings is 2. The number of nitrogens with zero attached hydrogens (tertiary/aromatic N) is 1. The molecule has 1 atom stereocenters. The molecule has 214 valence electrons. The minimum absolute atomic E-state index is 0.0126. The number of aldehydes is 1. The summed E-state index contributed by atoms with van der Waals surface area (Å²) in [6.07, 6.45) is 9.45. The van der Waals surface area contributed by atoms with Gasteiger partial charge in [-0.25, -0.2) is 0 Å². The zero-order valence-electron chi connectivity index (χ0n) is 23.3. The SMILES string of the molecule is COc1cc(NC(=O)CCCc2cccc(C3(C(=O)OC4CN5CCC4CC5)CCCCC3)c2)c(Cl)cc1C=O. The number of piperidine rings is 3. The first-order valence-electron chi connectivity index (χ1n) is 14.6. The molecular weight excluding hydrogens is 528 g/mol. The summed E-state index contributed by atoms with van der Waals surface area (Å²) in [7, 11) is 1.46. The number of carbonyl (C=O) groups excluding carboxylic acids is 3. The topological polar surface area (TPSA) is 84.9 Å². The lowest BCUT2D eigenvalue weighted by Gasteiger charge is -2.45. The Kier molecular flexibility index (Phi) is 9.11. The summed E-state index contributed by atoms with van der Waals surface area (Å²) in [5.41, 5.74) is 2.32. The van der Waals surface area contributed by atoms with E-state index in [-0.39, 0.29) is 23.0 Å². The van der Waals surface area contributed by atoms with E-state index in [2.05, 4.69) is 28.4 Å². The van der Waals surface area contributed by atoms with Gasteiger partial charge in [-0.05, 0) is 74.7 Å². The van der Waals surface area contributed by atoms with Crippen molar-refractivity contribution >= 4 is 35.5 Å². The molecule has 3 saturated heterocycles. The van der Waals surface area contributed by atoms with Gasteiger partial charge < -0.3 is 14.8 Å². The van der Waals surface area contributed by atoms with E-state index in [0.717, 1.165) is 75.7 Å². The van der Waals surface area contributed by atoms with E-state index < -0.39 is 5.41 Å². The molecule has 1 unspecified atom stereocenters. The van der Waals surface area contributed by atoms with Crippen molar-refractivity contribution in [1.82, 2.24) is 4.90 Å². The molecule has 2 bridgehead atoms. The highest BCUT2D eigenvalue weighted by Crippen LogP contribution is 2.42. The molecule has 0 aromatic heterocycles. The summed E-state index contributed by atoms with van der Waals surface area (Å²) in [5.74, 6) is 0.639. The molecule has 40 heavy (non-hydrogen) atoms. The predicted molar refractivity (Wildman–Crippen MR) is 155 cm³/mol. The van der Waals surface area contributed by atoms with Gasteiger partial charge in [0.15, 0.2) is 6.29 Å². The number of nitrogens with one attached hydrogen (secondary N) is 1. The number of rotatable bonds is 10. The van der Waals surface area contributed by atoms with E-state index in [9.17, 15) is 14.4 Å². The van der Waals surface area contributed by atoms with Crippen LogP contribution in [0, 0.1) is 5.92 Å². The average Bonchev–Trinajstić information content (AvgIpc) is 2.99. The Morgan fingerprint density at radius 2 is 1.90 bits per heavy atom. The second-order valence-electron chi connectivity index (χ2n) is 11.5. The number of aryl methyl sites for hydroxylation is 1. The standard InChI is InChI=1S/C32H39ClN2O5/c1-39-28-19-27(26(33)18-24(28)21-36)34-30(37)10-6-8-22-7-5-9-25(17-22)32(13-3-2-4-14-32)31(38)40-29-20-35-15-11-23(29)12-16-35/h5,7,9,17-19,21,23,29H,2-4,6,8,10-16,20H2,1H3,(H,34,37). The molecule has 2 aromatic carbocycles. The second kappa shape index (κ2) is 12.7. The zero-order chi connectivity index (χ0) is 28.1. The summed E-state index contributed by atoms with van der Waals surface area (Å²) >= 11 is 6.25. The molecule has 7 nitrogen and oxygen atoms in total. The van der Waals surface area contributed by atoms with Gasteiger partial charge in [-0.1, -0.05) is 55.1 Å². The first-order valence-corrected chi connectivity index (χ1v) is 14.9. The Labute approximate surface area is 241 Å². The van der Waals surface area contributed by atoms with Gasteiger partial charge >= 0.3 is 5.97 Å². The van der Waals surface area contributed by atoms with Crippen LogP contribution in [0.3, 0.4) is 0 Å². The van der Waals surface area contributed by atoms with Gasteiger partial charge in [-0.3, -0.25) is 19.3 Å². The molecule has 1 N–H and O–H groups in total. The molecule has 6 rings (SSSR count). The second-order valence-corrected chi connectivity index (χ2v) is 11.9. The van der Waals surface area contributed by atoms with Gasteiger partial charge in [0.2, 0.25) is 5.91 Å². The van der Waals surface area contributed by atoms with Crippen molar-refractivity contribution in [2.75, 3.05) is 32.1 Å². The Morgan fingerprint density at radius 3 is 2.58 bits per heavy atom. The lowest BCUT2D eigenvalue weighted by Crippen LogP contribution is -2.53. The van der Waals surface area contributed by atoms with Gasteiger partial charge in [-0.15, -0.1) is 0 Å². The van der Waals surface area contributed by atoms with Crippen LogP contribution in [0.2, 0.25) is 5.02 Å². The third-order valence-electron chi connectivity index (χ3n) is 9.02. The van der Waals surface area contributed by atoms with Crippen LogP contribution in [-0.2, 0) is 26.2 Å². The third-order valence-corrected chi connectivity index (χ3v) is 9.33. The maximum atomic E-state index is 13.8. The molecule has 3 heterocycles. The first kappa shape index (κ1) is 28.6. The van der Waals surface area contributed by atoms with E-state index in [1.807, 2.05) is 6.07 Å². The van der Waals surface area contributed by atoms with Crippen LogP contribution >= 0.6 is 11.6 Å². The molecule has 4 fully saturated rings. The number of esters is 1. The monoisotopic (exact) mass is 566 g/mol. The van der Waals surface area contributed by atoms with Crippen molar-refractivity contribution in [3.05, 3.63) is 58.1 Å². The molecular formula is C32H39ClN2O5. The van der Waals surface area contributed by atoms with Crippen LogP contribution < -0.4 is 10.1 Å². The van der Waals surface area contributed by atoms with E-state index in [1.165, 1.54) is 13.2 Å². The van der Waals surface area contributed by atoms with Crippen LogP contribution in [0.15, 0.2) is 36.4 Å². The number of fused-ring (bicyclic) bond motifs is 3. The summed E-state index contributed by atoms with van der Waals surface area (Å²) in [6.45, 7) is 3.11. The van der Waals surface area contributed by atoms with Crippen molar-refractivity contribution < 1.29 is 23.9 Å². The Bertz CT molecular complexity index is 1230. The number of ether oxygens (including phenoxy) is 2. The third kappa shape index (κ3) is 6.21.